The second-order valence-electron chi connectivity index (χ2n) is 5.97. The SMILES string of the molecule is CCC(C)c1cc(Cl)ccc1Cn1c2c(c(=O)[nH]c1=S)CC=C2. The first-order valence-corrected chi connectivity index (χ1v) is 8.60. The first kappa shape index (κ1) is 16.2. The van der Waals surface area contributed by atoms with Crippen LogP contribution in [-0.4, -0.2) is 9.55 Å². The minimum atomic E-state index is -0.0792. The lowest BCUT2D eigenvalue weighted by Gasteiger charge is -2.18. The third-order valence-electron chi connectivity index (χ3n) is 4.52. The summed E-state index contributed by atoms with van der Waals surface area (Å²) in [4.78, 5) is 14.8. The summed E-state index contributed by atoms with van der Waals surface area (Å²) in [6.45, 7) is 5.01. The van der Waals surface area contributed by atoms with Crippen molar-refractivity contribution in [3.05, 3.63) is 66.8 Å². The number of halogens is 1. The van der Waals surface area contributed by atoms with Crippen molar-refractivity contribution in [3.8, 4) is 0 Å². The second kappa shape index (κ2) is 6.46. The Labute approximate surface area is 145 Å². The molecule has 1 unspecified atom stereocenters. The van der Waals surface area contributed by atoms with Gasteiger partial charge < -0.3 is 4.57 Å². The van der Waals surface area contributed by atoms with Crippen molar-refractivity contribution in [3.63, 3.8) is 0 Å². The third kappa shape index (κ3) is 3.06. The Morgan fingerprint density at radius 1 is 1.43 bits per heavy atom. The van der Waals surface area contributed by atoms with Gasteiger partial charge in [0.2, 0.25) is 0 Å². The van der Waals surface area contributed by atoms with Gasteiger partial charge in [0.15, 0.2) is 4.77 Å². The van der Waals surface area contributed by atoms with E-state index in [-0.39, 0.29) is 5.56 Å². The highest BCUT2D eigenvalue weighted by Crippen LogP contribution is 2.27. The molecule has 0 radical (unpaired) electrons. The highest BCUT2D eigenvalue weighted by Gasteiger charge is 2.16. The van der Waals surface area contributed by atoms with Crippen molar-refractivity contribution < 1.29 is 0 Å². The van der Waals surface area contributed by atoms with Crippen LogP contribution in [0.2, 0.25) is 5.02 Å². The molecule has 0 spiro atoms. The summed E-state index contributed by atoms with van der Waals surface area (Å²) in [6.07, 6.45) is 5.70. The molecule has 1 heterocycles. The molecule has 0 aliphatic heterocycles. The Hall–Kier alpha value is -1.65. The van der Waals surface area contributed by atoms with Crippen LogP contribution in [0.1, 0.15) is 48.6 Å². The highest BCUT2D eigenvalue weighted by molar-refractivity contribution is 7.71. The van der Waals surface area contributed by atoms with E-state index in [9.17, 15) is 4.79 Å². The molecule has 1 N–H and O–H groups in total. The van der Waals surface area contributed by atoms with E-state index < -0.39 is 0 Å². The highest BCUT2D eigenvalue weighted by atomic mass is 35.5. The van der Waals surface area contributed by atoms with Crippen LogP contribution in [0.5, 0.6) is 0 Å². The van der Waals surface area contributed by atoms with Crippen molar-refractivity contribution in [2.45, 2.75) is 39.2 Å². The molecule has 1 atom stereocenters. The van der Waals surface area contributed by atoms with Crippen molar-refractivity contribution in [2.75, 3.05) is 0 Å². The summed E-state index contributed by atoms with van der Waals surface area (Å²) in [5.74, 6) is 0.421. The van der Waals surface area contributed by atoms with Gasteiger partial charge in [0.1, 0.15) is 0 Å². The largest absolute Gasteiger partial charge is 0.314 e. The van der Waals surface area contributed by atoms with E-state index in [1.807, 2.05) is 28.9 Å². The van der Waals surface area contributed by atoms with Gasteiger partial charge in [-0.1, -0.05) is 37.6 Å². The van der Waals surface area contributed by atoms with E-state index >= 15 is 0 Å². The lowest BCUT2D eigenvalue weighted by Crippen LogP contribution is -2.20. The zero-order valence-corrected chi connectivity index (χ0v) is 14.8. The predicted molar refractivity (Wildman–Crippen MR) is 97.9 cm³/mol. The number of aromatic nitrogens is 2. The van der Waals surface area contributed by atoms with E-state index in [0.29, 0.717) is 23.7 Å². The predicted octanol–water partition coefficient (Wildman–Crippen LogP) is 4.69. The number of fused-ring (bicyclic) bond motifs is 1. The molecule has 0 saturated carbocycles. The van der Waals surface area contributed by atoms with Crippen molar-refractivity contribution in [1.29, 1.82) is 0 Å². The van der Waals surface area contributed by atoms with Gasteiger partial charge in [0.05, 0.1) is 12.2 Å². The minimum Gasteiger partial charge on any atom is -0.314 e. The van der Waals surface area contributed by atoms with Gasteiger partial charge in [0, 0.05) is 10.6 Å². The van der Waals surface area contributed by atoms with Crippen molar-refractivity contribution >= 4 is 29.9 Å². The molecule has 1 aromatic carbocycles. The van der Waals surface area contributed by atoms with Crippen molar-refractivity contribution in [1.82, 2.24) is 9.55 Å². The van der Waals surface area contributed by atoms with Crippen LogP contribution in [0.4, 0.5) is 0 Å². The summed E-state index contributed by atoms with van der Waals surface area (Å²) in [5.41, 5.74) is 4.06. The molecular weight excluding hydrogens is 328 g/mol. The molecule has 1 aliphatic rings. The summed E-state index contributed by atoms with van der Waals surface area (Å²) in [7, 11) is 0. The van der Waals surface area contributed by atoms with Gasteiger partial charge in [0.25, 0.3) is 5.56 Å². The molecule has 1 aliphatic carbocycles. The number of nitrogens with one attached hydrogen (secondary N) is 1. The molecular formula is C18H19ClN2OS. The van der Waals surface area contributed by atoms with E-state index in [1.165, 1.54) is 11.1 Å². The summed E-state index contributed by atoms with van der Waals surface area (Å²) < 4.78 is 2.47. The van der Waals surface area contributed by atoms with Crippen molar-refractivity contribution in [2.24, 2.45) is 0 Å². The summed E-state index contributed by atoms with van der Waals surface area (Å²) >= 11 is 11.6. The fourth-order valence-electron chi connectivity index (χ4n) is 3.02. The first-order chi connectivity index (χ1) is 11.0. The van der Waals surface area contributed by atoms with E-state index in [1.54, 1.807) is 0 Å². The maximum absolute atomic E-state index is 12.0. The van der Waals surface area contributed by atoms with Crippen LogP contribution < -0.4 is 5.56 Å². The Morgan fingerprint density at radius 2 is 2.22 bits per heavy atom. The zero-order chi connectivity index (χ0) is 16.6. The smallest absolute Gasteiger partial charge is 0.255 e. The van der Waals surface area contributed by atoms with Gasteiger partial charge in [-0.2, -0.15) is 0 Å². The fourth-order valence-corrected chi connectivity index (χ4v) is 3.46. The molecule has 5 heteroatoms. The average Bonchev–Trinajstić information content (AvgIpc) is 3.01. The molecule has 0 saturated heterocycles. The van der Waals surface area contributed by atoms with Crippen LogP contribution >= 0.6 is 23.8 Å². The van der Waals surface area contributed by atoms with Gasteiger partial charge in [-0.25, -0.2) is 0 Å². The number of hydrogen-bond acceptors (Lipinski definition) is 2. The molecule has 23 heavy (non-hydrogen) atoms. The van der Waals surface area contributed by atoms with Gasteiger partial charge >= 0.3 is 0 Å². The lowest BCUT2D eigenvalue weighted by molar-refractivity contribution is 0.686. The number of benzene rings is 1. The van der Waals surface area contributed by atoms with Crippen LogP contribution in [0.25, 0.3) is 6.08 Å². The number of rotatable bonds is 4. The van der Waals surface area contributed by atoms with Crippen LogP contribution in [0.15, 0.2) is 29.1 Å². The number of hydrogen-bond donors (Lipinski definition) is 1. The Morgan fingerprint density at radius 3 is 2.96 bits per heavy atom. The fraction of sp³-hybridized carbons (Fsp3) is 0.333. The Kier molecular flexibility index (Phi) is 4.55. The first-order valence-electron chi connectivity index (χ1n) is 7.82. The summed E-state index contributed by atoms with van der Waals surface area (Å²) in [5, 5.41) is 0.749. The quantitative estimate of drug-likeness (QED) is 0.815. The monoisotopic (exact) mass is 346 g/mol. The Balaban J connectivity index is 2.11. The molecule has 3 rings (SSSR count). The molecule has 2 aromatic rings. The molecule has 0 fully saturated rings. The lowest BCUT2D eigenvalue weighted by atomic mass is 9.93. The third-order valence-corrected chi connectivity index (χ3v) is 5.07. The number of nitrogens with zero attached hydrogens (tertiary/aromatic N) is 1. The molecule has 3 nitrogen and oxygen atoms in total. The molecule has 120 valence electrons. The van der Waals surface area contributed by atoms with Gasteiger partial charge in [-0.05, 0) is 60.3 Å². The molecule has 0 amide bonds. The van der Waals surface area contributed by atoms with E-state index in [4.69, 9.17) is 23.8 Å². The van der Waals surface area contributed by atoms with Crippen LogP contribution in [0.3, 0.4) is 0 Å². The van der Waals surface area contributed by atoms with E-state index in [2.05, 4.69) is 24.9 Å². The second-order valence-corrected chi connectivity index (χ2v) is 6.79. The van der Waals surface area contributed by atoms with Gasteiger partial charge in [-0.3, -0.25) is 9.78 Å². The molecule has 0 bridgehead atoms. The molecule has 1 aromatic heterocycles. The normalized spacial score (nSPS) is 14.0. The number of H-pyrrole nitrogens is 1. The minimum absolute atomic E-state index is 0.0792. The summed E-state index contributed by atoms with van der Waals surface area (Å²) in [6, 6.07) is 6.01. The average molecular weight is 347 g/mol. The van der Waals surface area contributed by atoms with Crippen LogP contribution in [0, 0.1) is 4.77 Å². The standard InChI is InChI=1S/C18H19ClN2OS/c1-3-11(2)15-9-13(19)8-7-12(15)10-21-16-6-4-5-14(16)17(22)20-18(21)23/h4,6-9,11H,3,5,10H2,1-2H3,(H,20,22,23). The number of allylic oxidation sites excluding steroid dienone is 1. The zero-order valence-electron chi connectivity index (χ0n) is 13.2. The Bertz CT molecular complexity index is 895. The number of aromatic amines is 1. The maximum Gasteiger partial charge on any atom is 0.255 e. The van der Waals surface area contributed by atoms with Gasteiger partial charge in [-0.15, -0.1) is 0 Å². The van der Waals surface area contributed by atoms with E-state index in [0.717, 1.165) is 22.7 Å². The topological polar surface area (TPSA) is 37.8 Å². The maximum atomic E-state index is 12.0. The van der Waals surface area contributed by atoms with Crippen LogP contribution in [-0.2, 0) is 13.0 Å².